The van der Waals surface area contributed by atoms with Gasteiger partial charge in [0.15, 0.2) is 0 Å². The van der Waals surface area contributed by atoms with Gasteiger partial charge in [0.1, 0.15) is 0 Å². The van der Waals surface area contributed by atoms with Gasteiger partial charge in [-0.2, -0.15) is 0 Å². The summed E-state index contributed by atoms with van der Waals surface area (Å²) in [5.41, 5.74) is 0.732. The fourth-order valence-corrected chi connectivity index (χ4v) is 2.58. The second kappa shape index (κ2) is 5.25. The molecule has 1 aromatic carbocycles. The van der Waals surface area contributed by atoms with Gasteiger partial charge >= 0.3 is 0 Å². The van der Waals surface area contributed by atoms with Crippen molar-refractivity contribution in [3.05, 3.63) is 29.3 Å². The highest BCUT2D eigenvalue weighted by Crippen LogP contribution is 2.29. The molecule has 1 aliphatic rings. The molecule has 1 saturated heterocycles. The summed E-state index contributed by atoms with van der Waals surface area (Å²) >= 11 is 5.97. The molecule has 1 heterocycles. The van der Waals surface area contributed by atoms with Gasteiger partial charge in [-0.25, -0.2) is 0 Å². The molecule has 4 heteroatoms. The number of nitrogens with one attached hydrogen (secondary N) is 2. The first-order valence-electron chi connectivity index (χ1n) is 6.02. The Balaban J connectivity index is 2.18. The first kappa shape index (κ1) is 12.7. The van der Waals surface area contributed by atoms with Crippen molar-refractivity contribution in [3.63, 3.8) is 0 Å². The predicted molar refractivity (Wildman–Crippen MR) is 71.5 cm³/mol. The van der Waals surface area contributed by atoms with Crippen molar-refractivity contribution in [3.8, 4) is 0 Å². The van der Waals surface area contributed by atoms with Gasteiger partial charge in [0.25, 0.3) is 0 Å². The van der Waals surface area contributed by atoms with Crippen molar-refractivity contribution >= 4 is 17.3 Å². The Morgan fingerprint density at radius 3 is 3.06 bits per heavy atom. The number of anilines is 1. The van der Waals surface area contributed by atoms with Gasteiger partial charge in [-0.05, 0) is 37.1 Å². The second-order valence-corrected chi connectivity index (χ2v) is 5.24. The van der Waals surface area contributed by atoms with Crippen LogP contribution in [0.4, 0.5) is 5.69 Å². The standard InChI is InChI=1S/C13H19ClN2O/c1-10-8-15-6-5-13(10,9-17)16-12-4-2-3-11(14)7-12/h2-4,7,10,15-17H,5-6,8-9H2,1H3. The van der Waals surface area contributed by atoms with Gasteiger partial charge in [-0.3, -0.25) is 0 Å². The number of hydrogen-bond donors (Lipinski definition) is 3. The lowest BCUT2D eigenvalue weighted by molar-refractivity contribution is 0.135. The Morgan fingerprint density at radius 1 is 1.59 bits per heavy atom. The molecule has 0 saturated carbocycles. The zero-order valence-electron chi connectivity index (χ0n) is 10.0. The summed E-state index contributed by atoms with van der Waals surface area (Å²) in [5, 5.41) is 17.2. The first-order chi connectivity index (χ1) is 8.16. The zero-order chi connectivity index (χ0) is 12.3. The molecule has 0 radical (unpaired) electrons. The average molecular weight is 255 g/mol. The molecule has 1 aromatic rings. The monoisotopic (exact) mass is 254 g/mol. The molecule has 0 aromatic heterocycles. The van der Waals surface area contributed by atoms with Crippen molar-refractivity contribution in [2.24, 2.45) is 5.92 Å². The van der Waals surface area contributed by atoms with Crippen molar-refractivity contribution in [1.82, 2.24) is 5.32 Å². The van der Waals surface area contributed by atoms with E-state index in [0.717, 1.165) is 25.2 Å². The molecule has 17 heavy (non-hydrogen) atoms. The Hall–Kier alpha value is -0.770. The fourth-order valence-electron chi connectivity index (χ4n) is 2.39. The number of rotatable bonds is 3. The molecule has 0 aliphatic carbocycles. The summed E-state index contributed by atoms with van der Waals surface area (Å²) in [6.45, 7) is 4.15. The third-order valence-corrected chi connectivity index (χ3v) is 3.88. The van der Waals surface area contributed by atoms with Crippen LogP contribution < -0.4 is 10.6 Å². The lowest BCUT2D eigenvalue weighted by atomic mass is 9.80. The van der Waals surface area contributed by atoms with Crippen LogP contribution in [0.2, 0.25) is 5.02 Å². The van der Waals surface area contributed by atoms with Crippen LogP contribution in [0.3, 0.4) is 0 Å². The molecule has 0 spiro atoms. The largest absolute Gasteiger partial charge is 0.394 e. The summed E-state index contributed by atoms with van der Waals surface area (Å²) in [7, 11) is 0. The number of aliphatic hydroxyl groups excluding tert-OH is 1. The Bertz CT molecular complexity index is 385. The van der Waals surface area contributed by atoms with Crippen molar-refractivity contribution in [2.45, 2.75) is 18.9 Å². The molecule has 2 unspecified atom stereocenters. The number of aliphatic hydroxyl groups is 1. The Labute approximate surface area is 107 Å². The summed E-state index contributed by atoms with van der Waals surface area (Å²) in [6.07, 6.45) is 0.914. The molecule has 0 amide bonds. The van der Waals surface area contributed by atoms with E-state index in [0.29, 0.717) is 10.9 Å². The van der Waals surface area contributed by atoms with Crippen LogP contribution in [-0.2, 0) is 0 Å². The molecular weight excluding hydrogens is 236 g/mol. The number of hydrogen-bond acceptors (Lipinski definition) is 3. The van der Waals surface area contributed by atoms with E-state index in [1.165, 1.54) is 0 Å². The van der Waals surface area contributed by atoms with E-state index in [-0.39, 0.29) is 12.1 Å². The number of halogens is 1. The third kappa shape index (κ3) is 2.73. The minimum Gasteiger partial charge on any atom is -0.394 e. The molecule has 0 bridgehead atoms. The van der Waals surface area contributed by atoms with Crippen LogP contribution in [0.15, 0.2) is 24.3 Å². The summed E-state index contributed by atoms with van der Waals surface area (Å²) in [5.74, 6) is 0.375. The van der Waals surface area contributed by atoms with E-state index in [2.05, 4.69) is 17.6 Å². The van der Waals surface area contributed by atoms with Crippen molar-refractivity contribution in [1.29, 1.82) is 0 Å². The SMILES string of the molecule is CC1CNCCC1(CO)Nc1cccc(Cl)c1. The maximum absolute atomic E-state index is 9.72. The van der Waals surface area contributed by atoms with E-state index in [4.69, 9.17) is 11.6 Å². The van der Waals surface area contributed by atoms with Crippen LogP contribution in [0.1, 0.15) is 13.3 Å². The normalized spacial score (nSPS) is 29.0. The first-order valence-corrected chi connectivity index (χ1v) is 6.39. The summed E-state index contributed by atoms with van der Waals surface area (Å²) in [4.78, 5) is 0. The van der Waals surface area contributed by atoms with E-state index in [1.54, 1.807) is 0 Å². The minimum absolute atomic E-state index is 0.141. The molecule has 2 atom stereocenters. The van der Waals surface area contributed by atoms with Crippen LogP contribution >= 0.6 is 11.6 Å². The lowest BCUT2D eigenvalue weighted by Crippen LogP contribution is -2.56. The van der Waals surface area contributed by atoms with Gasteiger partial charge in [0, 0.05) is 17.3 Å². The predicted octanol–water partition coefficient (Wildman–Crippen LogP) is 2.11. The van der Waals surface area contributed by atoms with Gasteiger partial charge in [0.2, 0.25) is 0 Å². The molecule has 2 rings (SSSR count). The van der Waals surface area contributed by atoms with E-state index < -0.39 is 0 Å². The van der Waals surface area contributed by atoms with Crippen LogP contribution in [-0.4, -0.2) is 30.3 Å². The summed E-state index contributed by atoms with van der Waals surface area (Å²) < 4.78 is 0. The molecule has 1 aliphatic heterocycles. The van der Waals surface area contributed by atoms with Crippen LogP contribution in [0, 0.1) is 5.92 Å². The molecule has 3 N–H and O–H groups in total. The summed E-state index contributed by atoms with van der Waals surface area (Å²) in [6, 6.07) is 7.65. The average Bonchev–Trinajstić information content (AvgIpc) is 2.32. The van der Waals surface area contributed by atoms with Crippen LogP contribution in [0.5, 0.6) is 0 Å². The maximum Gasteiger partial charge on any atom is 0.0665 e. The third-order valence-electron chi connectivity index (χ3n) is 3.64. The van der Waals surface area contributed by atoms with E-state index >= 15 is 0 Å². The quantitative estimate of drug-likeness (QED) is 0.774. The minimum atomic E-state index is -0.240. The maximum atomic E-state index is 9.72. The molecule has 3 nitrogen and oxygen atoms in total. The molecular formula is C13H19ClN2O. The van der Waals surface area contributed by atoms with Gasteiger partial charge in [0.05, 0.1) is 12.1 Å². The highest BCUT2D eigenvalue weighted by molar-refractivity contribution is 6.30. The zero-order valence-corrected chi connectivity index (χ0v) is 10.8. The Kier molecular flexibility index (Phi) is 3.92. The second-order valence-electron chi connectivity index (χ2n) is 4.80. The molecule has 1 fully saturated rings. The Morgan fingerprint density at radius 2 is 2.41 bits per heavy atom. The topological polar surface area (TPSA) is 44.3 Å². The van der Waals surface area contributed by atoms with E-state index in [9.17, 15) is 5.11 Å². The highest BCUT2D eigenvalue weighted by atomic mass is 35.5. The lowest BCUT2D eigenvalue weighted by Gasteiger charge is -2.43. The van der Waals surface area contributed by atoms with Gasteiger partial charge in [-0.1, -0.05) is 24.6 Å². The van der Waals surface area contributed by atoms with Crippen molar-refractivity contribution in [2.75, 3.05) is 25.0 Å². The van der Waals surface area contributed by atoms with Gasteiger partial charge < -0.3 is 15.7 Å². The van der Waals surface area contributed by atoms with E-state index in [1.807, 2.05) is 24.3 Å². The number of piperidine rings is 1. The highest BCUT2D eigenvalue weighted by Gasteiger charge is 2.37. The molecule has 94 valence electrons. The fraction of sp³-hybridized carbons (Fsp3) is 0.538. The van der Waals surface area contributed by atoms with Crippen molar-refractivity contribution < 1.29 is 5.11 Å². The smallest absolute Gasteiger partial charge is 0.0665 e. The van der Waals surface area contributed by atoms with Crippen LogP contribution in [0.25, 0.3) is 0 Å². The van der Waals surface area contributed by atoms with Gasteiger partial charge in [-0.15, -0.1) is 0 Å². The number of benzene rings is 1.